The second-order valence-electron chi connectivity index (χ2n) is 4.08. The predicted octanol–water partition coefficient (Wildman–Crippen LogP) is 4.75. The summed E-state index contributed by atoms with van der Waals surface area (Å²) in [5.74, 6) is 0. The van der Waals surface area contributed by atoms with Gasteiger partial charge in [-0.25, -0.2) is 0 Å². The van der Waals surface area contributed by atoms with Crippen molar-refractivity contribution in [3.8, 4) is 0 Å². The molecule has 0 heterocycles. The maximum atomic E-state index is 6.26. The molecule has 0 aliphatic carbocycles. The minimum absolute atomic E-state index is 0.175. The summed E-state index contributed by atoms with van der Waals surface area (Å²) in [7, 11) is 0. The van der Waals surface area contributed by atoms with Crippen molar-refractivity contribution in [2.24, 2.45) is 0 Å². The normalized spacial score (nSPS) is 11.8. The average Bonchev–Trinajstić information content (AvgIpc) is 2.17. The maximum absolute atomic E-state index is 6.26. The largest absolute Gasteiger partial charge is 0.130 e. The van der Waals surface area contributed by atoms with Gasteiger partial charge in [0.2, 0.25) is 0 Å². The van der Waals surface area contributed by atoms with Crippen molar-refractivity contribution < 1.29 is 0 Å². The number of halogens is 1. The van der Waals surface area contributed by atoms with Gasteiger partial charge in [-0.05, 0) is 35.8 Å². The van der Waals surface area contributed by atoms with Crippen LogP contribution >= 0.6 is 23.4 Å². The Morgan fingerprint density at radius 1 is 1.36 bits per heavy atom. The van der Waals surface area contributed by atoms with E-state index in [9.17, 15) is 0 Å². The van der Waals surface area contributed by atoms with E-state index in [1.807, 2.05) is 0 Å². The molecule has 0 saturated heterocycles. The van der Waals surface area contributed by atoms with Crippen molar-refractivity contribution in [1.82, 2.24) is 0 Å². The standard InChI is InChI=1S/C12H17ClS/c1-5-12(2,3)10-7-6-9(14-4)8-11(10)13/h6-8H,5H2,1-4H3. The molecule has 0 nitrogen and oxygen atoms in total. The summed E-state index contributed by atoms with van der Waals surface area (Å²) in [6.07, 6.45) is 3.17. The molecule has 78 valence electrons. The zero-order valence-electron chi connectivity index (χ0n) is 9.23. The topological polar surface area (TPSA) is 0 Å². The first-order chi connectivity index (χ1) is 6.51. The van der Waals surface area contributed by atoms with E-state index < -0.39 is 0 Å². The highest BCUT2D eigenvalue weighted by molar-refractivity contribution is 7.98. The molecule has 0 bridgehead atoms. The van der Waals surface area contributed by atoms with Crippen LogP contribution in [0, 0.1) is 0 Å². The number of hydrogen-bond donors (Lipinski definition) is 0. The molecule has 0 amide bonds. The van der Waals surface area contributed by atoms with Crippen LogP contribution in [0.2, 0.25) is 5.02 Å². The monoisotopic (exact) mass is 228 g/mol. The van der Waals surface area contributed by atoms with Gasteiger partial charge < -0.3 is 0 Å². The van der Waals surface area contributed by atoms with E-state index in [0.29, 0.717) is 0 Å². The molecule has 1 aromatic rings. The highest BCUT2D eigenvalue weighted by Gasteiger charge is 2.20. The summed E-state index contributed by atoms with van der Waals surface area (Å²) in [5.41, 5.74) is 1.42. The maximum Gasteiger partial charge on any atom is 0.0454 e. The minimum Gasteiger partial charge on any atom is -0.130 e. The Hall–Kier alpha value is -0.140. The van der Waals surface area contributed by atoms with Crippen LogP contribution in [0.5, 0.6) is 0 Å². The molecule has 0 unspecified atom stereocenters. The van der Waals surface area contributed by atoms with E-state index in [1.165, 1.54) is 10.5 Å². The molecule has 0 aliphatic heterocycles. The van der Waals surface area contributed by atoms with Crippen LogP contribution in [0.1, 0.15) is 32.8 Å². The first kappa shape index (κ1) is 11.9. The van der Waals surface area contributed by atoms with Crippen LogP contribution in [0.25, 0.3) is 0 Å². The van der Waals surface area contributed by atoms with Crippen molar-refractivity contribution in [3.63, 3.8) is 0 Å². The Labute approximate surface area is 96.0 Å². The summed E-state index contributed by atoms with van der Waals surface area (Å²) in [6, 6.07) is 6.35. The van der Waals surface area contributed by atoms with Crippen LogP contribution in [-0.4, -0.2) is 6.26 Å². The molecule has 0 spiro atoms. The smallest absolute Gasteiger partial charge is 0.0454 e. The summed E-state index contributed by atoms with van der Waals surface area (Å²) < 4.78 is 0. The van der Waals surface area contributed by atoms with Gasteiger partial charge in [-0.1, -0.05) is 38.4 Å². The molecule has 14 heavy (non-hydrogen) atoms. The highest BCUT2D eigenvalue weighted by Crippen LogP contribution is 2.34. The van der Waals surface area contributed by atoms with Crippen LogP contribution in [0.3, 0.4) is 0 Å². The molecule has 0 radical (unpaired) electrons. The lowest BCUT2D eigenvalue weighted by molar-refractivity contribution is 0.506. The van der Waals surface area contributed by atoms with E-state index in [-0.39, 0.29) is 5.41 Å². The summed E-state index contributed by atoms with van der Waals surface area (Å²) >= 11 is 7.98. The van der Waals surface area contributed by atoms with Gasteiger partial charge >= 0.3 is 0 Å². The zero-order valence-corrected chi connectivity index (χ0v) is 10.8. The molecule has 0 aromatic heterocycles. The van der Waals surface area contributed by atoms with Crippen LogP contribution in [-0.2, 0) is 5.41 Å². The van der Waals surface area contributed by atoms with Crippen molar-refractivity contribution in [2.75, 3.05) is 6.26 Å². The zero-order chi connectivity index (χ0) is 10.8. The number of benzene rings is 1. The van der Waals surface area contributed by atoms with Gasteiger partial charge in [0, 0.05) is 9.92 Å². The first-order valence-corrected chi connectivity index (χ1v) is 6.45. The second-order valence-corrected chi connectivity index (χ2v) is 5.37. The van der Waals surface area contributed by atoms with E-state index >= 15 is 0 Å². The van der Waals surface area contributed by atoms with Gasteiger partial charge in [0.15, 0.2) is 0 Å². The summed E-state index contributed by atoms with van der Waals surface area (Å²) in [6.45, 7) is 6.65. The molecule has 2 heteroatoms. The Bertz CT molecular complexity index is 318. The molecule has 0 saturated carbocycles. The van der Waals surface area contributed by atoms with Gasteiger partial charge in [0.1, 0.15) is 0 Å². The Morgan fingerprint density at radius 3 is 2.43 bits per heavy atom. The van der Waals surface area contributed by atoms with Gasteiger partial charge in [0.25, 0.3) is 0 Å². The second kappa shape index (κ2) is 4.59. The summed E-state index contributed by atoms with van der Waals surface area (Å²) in [4.78, 5) is 1.23. The van der Waals surface area contributed by atoms with Crippen LogP contribution in [0.4, 0.5) is 0 Å². The van der Waals surface area contributed by atoms with E-state index in [0.717, 1.165) is 11.4 Å². The summed E-state index contributed by atoms with van der Waals surface area (Å²) in [5, 5.41) is 0.892. The van der Waals surface area contributed by atoms with Crippen molar-refractivity contribution >= 4 is 23.4 Å². The van der Waals surface area contributed by atoms with Crippen molar-refractivity contribution in [1.29, 1.82) is 0 Å². The van der Waals surface area contributed by atoms with Crippen LogP contribution in [0.15, 0.2) is 23.1 Å². The number of rotatable bonds is 3. The average molecular weight is 229 g/mol. The molecular formula is C12H17ClS. The minimum atomic E-state index is 0.175. The van der Waals surface area contributed by atoms with E-state index in [2.05, 4.69) is 45.2 Å². The van der Waals surface area contributed by atoms with Crippen LogP contribution < -0.4 is 0 Å². The predicted molar refractivity (Wildman–Crippen MR) is 66.6 cm³/mol. The molecule has 0 fully saturated rings. The van der Waals surface area contributed by atoms with Crippen molar-refractivity contribution in [3.05, 3.63) is 28.8 Å². The molecule has 0 aliphatic rings. The van der Waals surface area contributed by atoms with Crippen molar-refractivity contribution in [2.45, 2.75) is 37.5 Å². The molecule has 1 aromatic carbocycles. The molecule has 0 N–H and O–H groups in total. The first-order valence-electron chi connectivity index (χ1n) is 4.85. The van der Waals surface area contributed by atoms with E-state index in [1.54, 1.807) is 11.8 Å². The molecule has 0 atom stereocenters. The molecule has 1 rings (SSSR count). The fourth-order valence-electron chi connectivity index (χ4n) is 1.36. The SMILES string of the molecule is CCC(C)(C)c1ccc(SC)cc1Cl. The van der Waals surface area contributed by atoms with Gasteiger partial charge in [-0.2, -0.15) is 0 Å². The molecular weight excluding hydrogens is 212 g/mol. The van der Waals surface area contributed by atoms with Gasteiger partial charge in [-0.15, -0.1) is 11.8 Å². The van der Waals surface area contributed by atoms with E-state index in [4.69, 9.17) is 11.6 Å². The lowest BCUT2D eigenvalue weighted by atomic mass is 9.82. The Kier molecular flexibility index (Phi) is 3.91. The van der Waals surface area contributed by atoms with Gasteiger partial charge in [0.05, 0.1) is 0 Å². The Balaban J connectivity index is 3.12. The Morgan fingerprint density at radius 2 is 2.00 bits per heavy atom. The quantitative estimate of drug-likeness (QED) is 0.673. The fourth-order valence-corrected chi connectivity index (χ4v) is 2.30. The highest BCUT2D eigenvalue weighted by atomic mass is 35.5. The number of thioether (sulfide) groups is 1. The third-order valence-corrected chi connectivity index (χ3v) is 3.83. The lowest BCUT2D eigenvalue weighted by Crippen LogP contribution is -2.15. The lowest BCUT2D eigenvalue weighted by Gasteiger charge is -2.24. The third-order valence-electron chi connectivity index (χ3n) is 2.79. The fraction of sp³-hybridized carbons (Fsp3) is 0.500. The van der Waals surface area contributed by atoms with Gasteiger partial charge in [-0.3, -0.25) is 0 Å². The third kappa shape index (κ3) is 2.46. The number of hydrogen-bond acceptors (Lipinski definition) is 1.